The van der Waals surface area contributed by atoms with Crippen LogP contribution in [0.3, 0.4) is 0 Å². The summed E-state index contributed by atoms with van der Waals surface area (Å²) >= 11 is 0. The number of nitrogens with one attached hydrogen (secondary N) is 1. The molecule has 0 unspecified atom stereocenters. The highest BCUT2D eigenvalue weighted by Gasteiger charge is 2.20. The SMILES string of the molecule is O=C1NC2=CC=CC=C(C2)c2ccccc21. The zero-order valence-electron chi connectivity index (χ0n) is 8.73. The van der Waals surface area contributed by atoms with E-state index in [1.54, 1.807) is 0 Å². The largest absolute Gasteiger partial charge is 0.325 e. The van der Waals surface area contributed by atoms with E-state index in [1.807, 2.05) is 42.5 Å². The second-order valence-corrected chi connectivity index (χ2v) is 3.95. The average Bonchev–Trinajstić information content (AvgIpc) is 2.61. The van der Waals surface area contributed by atoms with Crippen LogP contribution in [-0.4, -0.2) is 5.91 Å². The molecule has 2 aliphatic rings. The van der Waals surface area contributed by atoms with Crippen LogP contribution >= 0.6 is 0 Å². The van der Waals surface area contributed by atoms with Gasteiger partial charge in [-0.1, -0.05) is 36.4 Å². The number of benzene rings is 1. The summed E-state index contributed by atoms with van der Waals surface area (Å²) in [6, 6.07) is 7.73. The molecule has 2 bridgehead atoms. The first kappa shape index (κ1) is 9.16. The van der Waals surface area contributed by atoms with E-state index >= 15 is 0 Å². The second kappa shape index (κ2) is 3.49. The van der Waals surface area contributed by atoms with Crippen molar-refractivity contribution in [3.63, 3.8) is 0 Å². The Hall–Kier alpha value is -2.09. The molecule has 3 rings (SSSR count). The van der Waals surface area contributed by atoms with Gasteiger partial charge in [0, 0.05) is 17.7 Å². The van der Waals surface area contributed by atoms with E-state index < -0.39 is 0 Å². The topological polar surface area (TPSA) is 29.1 Å². The van der Waals surface area contributed by atoms with Gasteiger partial charge in [0.1, 0.15) is 0 Å². The van der Waals surface area contributed by atoms with Crippen LogP contribution in [0.15, 0.2) is 54.3 Å². The van der Waals surface area contributed by atoms with Crippen LogP contribution in [0.4, 0.5) is 0 Å². The molecule has 2 nitrogen and oxygen atoms in total. The van der Waals surface area contributed by atoms with Crippen molar-refractivity contribution in [3.05, 3.63) is 65.4 Å². The van der Waals surface area contributed by atoms with Crippen molar-refractivity contribution in [2.45, 2.75) is 6.42 Å². The molecule has 1 heterocycles. The molecule has 0 atom stereocenters. The molecular weight excluding hydrogens is 198 g/mol. The van der Waals surface area contributed by atoms with Gasteiger partial charge in [0.05, 0.1) is 0 Å². The summed E-state index contributed by atoms with van der Waals surface area (Å²) in [4.78, 5) is 12.0. The summed E-state index contributed by atoms with van der Waals surface area (Å²) in [7, 11) is 0. The number of allylic oxidation sites excluding steroid dienone is 5. The minimum atomic E-state index is -0.0134. The Kier molecular flexibility index (Phi) is 2.00. The minimum absolute atomic E-state index is 0.0134. The highest BCUT2D eigenvalue weighted by atomic mass is 16.1. The van der Waals surface area contributed by atoms with Crippen molar-refractivity contribution in [3.8, 4) is 0 Å². The molecule has 1 N–H and O–H groups in total. The molecule has 1 amide bonds. The molecule has 0 spiro atoms. The third-order valence-electron chi connectivity index (χ3n) is 2.88. The third-order valence-corrected chi connectivity index (χ3v) is 2.88. The number of carbonyl (C=O) groups is 1. The zero-order chi connectivity index (χ0) is 11.0. The van der Waals surface area contributed by atoms with Gasteiger partial charge in [-0.3, -0.25) is 4.79 Å². The lowest BCUT2D eigenvalue weighted by atomic mass is 9.98. The summed E-state index contributed by atoms with van der Waals surface area (Å²) in [6.07, 6.45) is 8.78. The van der Waals surface area contributed by atoms with E-state index in [2.05, 4.69) is 11.4 Å². The molecule has 0 aromatic heterocycles. The maximum absolute atomic E-state index is 12.0. The average molecular weight is 209 g/mol. The fourth-order valence-electron chi connectivity index (χ4n) is 2.11. The molecule has 1 aliphatic carbocycles. The number of fused-ring (bicyclic) bond motifs is 4. The van der Waals surface area contributed by atoms with Crippen LogP contribution < -0.4 is 5.32 Å². The van der Waals surface area contributed by atoms with Crippen LogP contribution in [0.5, 0.6) is 0 Å². The smallest absolute Gasteiger partial charge is 0.256 e. The first-order valence-corrected chi connectivity index (χ1v) is 5.32. The zero-order valence-corrected chi connectivity index (χ0v) is 8.73. The Morgan fingerprint density at radius 1 is 1.00 bits per heavy atom. The standard InChI is InChI=1S/C14H11NO/c16-14-13-8-4-3-7-12(13)10-5-1-2-6-11(9-10)15-14/h1-8H,9H2,(H,15,16). The van der Waals surface area contributed by atoms with Crippen molar-refractivity contribution in [2.24, 2.45) is 0 Å². The molecule has 1 aliphatic heterocycles. The second-order valence-electron chi connectivity index (χ2n) is 3.95. The number of amides is 1. The molecule has 2 heteroatoms. The van der Waals surface area contributed by atoms with Gasteiger partial charge >= 0.3 is 0 Å². The highest BCUT2D eigenvalue weighted by Crippen LogP contribution is 2.29. The fourth-order valence-corrected chi connectivity index (χ4v) is 2.11. The normalized spacial score (nSPS) is 17.6. The van der Waals surface area contributed by atoms with Crippen LogP contribution in [0, 0.1) is 0 Å². The van der Waals surface area contributed by atoms with E-state index in [1.165, 1.54) is 5.57 Å². The minimum Gasteiger partial charge on any atom is -0.325 e. The lowest BCUT2D eigenvalue weighted by molar-refractivity contribution is 0.0966. The fraction of sp³-hybridized carbons (Fsp3) is 0.0714. The number of rotatable bonds is 0. The monoisotopic (exact) mass is 209 g/mol. The summed E-state index contributed by atoms with van der Waals surface area (Å²) in [5, 5.41) is 2.94. The van der Waals surface area contributed by atoms with E-state index in [9.17, 15) is 4.79 Å². The molecule has 0 fully saturated rings. The molecule has 0 radical (unpaired) electrons. The predicted octanol–water partition coefficient (Wildman–Crippen LogP) is 2.66. The van der Waals surface area contributed by atoms with E-state index in [4.69, 9.17) is 0 Å². The molecule has 0 saturated heterocycles. The molecule has 78 valence electrons. The van der Waals surface area contributed by atoms with Crippen LogP contribution in [0.25, 0.3) is 5.57 Å². The van der Waals surface area contributed by atoms with Crippen LogP contribution in [0.1, 0.15) is 22.3 Å². The van der Waals surface area contributed by atoms with Crippen LogP contribution in [-0.2, 0) is 0 Å². The number of carbonyl (C=O) groups excluding carboxylic acids is 1. The lowest BCUT2D eigenvalue weighted by Crippen LogP contribution is -2.21. The lowest BCUT2D eigenvalue weighted by Gasteiger charge is -2.05. The summed E-state index contributed by atoms with van der Waals surface area (Å²) in [6.45, 7) is 0. The number of hydrogen-bond donors (Lipinski definition) is 1. The van der Waals surface area contributed by atoms with Crippen LogP contribution in [0.2, 0.25) is 0 Å². The maximum atomic E-state index is 12.0. The van der Waals surface area contributed by atoms with Gasteiger partial charge in [-0.15, -0.1) is 0 Å². The van der Waals surface area contributed by atoms with Gasteiger partial charge in [-0.05, 0) is 23.3 Å². The van der Waals surface area contributed by atoms with Gasteiger partial charge in [-0.25, -0.2) is 0 Å². The Bertz CT molecular complexity index is 550. The molecule has 1 aromatic rings. The van der Waals surface area contributed by atoms with Crippen molar-refractivity contribution in [1.82, 2.24) is 5.32 Å². The first-order valence-electron chi connectivity index (χ1n) is 5.32. The Morgan fingerprint density at radius 2 is 1.75 bits per heavy atom. The van der Waals surface area contributed by atoms with E-state index in [-0.39, 0.29) is 5.91 Å². The van der Waals surface area contributed by atoms with E-state index in [0.29, 0.717) is 0 Å². The first-order chi connectivity index (χ1) is 7.84. The van der Waals surface area contributed by atoms with Crippen molar-refractivity contribution >= 4 is 11.5 Å². The molecular formula is C14H11NO. The Labute approximate surface area is 94.0 Å². The summed E-state index contributed by atoms with van der Waals surface area (Å²) < 4.78 is 0. The molecule has 1 aromatic carbocycles. The van der Waals surface area contributed by atoms with Gasteiger partial charge < -0.3 is 5.32 Å². The highest BCUT2D eigenvalue weighted by molar-refractivity contribution is 6.02. The molecule has 16 heavy (non-hydrogen) atoms. The quantitative estimate of drug-likeness (QED) is 0.699. The summed E-state index contributed by atoms with van der Waals surface area (Å²) in [5.41, 5.74) is 3.94. The maximum Gasteiger partial charge on any atom is 0.256 e. The molecule has 0 saturated carbocycles. The Balaban J connectivity index is 2.26. The van der Waals surface area contributed by atoms with Gasteiger partial charge in [0.2, 0.25) is 0 Å². The van der Waals surface area contributed by atoms with Crippen molar-refractivity contribution in [1.29, 1.82) is 0 Å². The van der Waals surface area contributed by atoms with Crippen molar-refractivity contribution in [2.75, 3.05) is 0 Å². The van der Waals surface area contributed by atoms with Crippen molar-refractivity contribution < 1.29 is 4.79 Å². The van der Waals surface area contributed by atoms with Gasteiger partial charge in [0.15, 0.2) is 0 Å². The third kappa shape index (κ3) is 1.39. The Morgan fingerprint density at radius 3 is 2.62 bits per heavy atom. The summed E-state index contributed by atoms with van der Waals surface area (Å²) in [5.74, 6) is -0.0134. The van der Waals surface area contributed by atoms with Gasteiger partial charge in [0.25, 0.3) is 5.91 Å². The van der Waals surface area contributed by atoms with Gasteiger partial charge in [-0.2, -0.15) is 0 Å². The van der Waals surface area contributed by atoms with E-state index in [0.717, 1.165) is 23.2 Å². The predicted molar refractivity (Wildman–Crippen MR) is 63.7 cm³/mol. The number of hydrogen-bond acceptors (Lipinski definition) is 1.